The summed E-state index contributed by atoms with van der Waals surface area (Å²) in [4.78, 5) is 9.14. The van der Waals surface area contributed by atoms with Crippen LogP contribution in [0.1, 0.15) is 19.4 Å². The van der Waals surface area contributed by atoms with Crippen molar-refractivity contribution < 1.29 is 4.39 Å². The highest BCUT2D eigenvalue weighted by atomic mass is 19.1. The molecular weight excluding hydrogens is 303 g/mol. The Bertz CT molecular complexity index is 649. The van der Waals surface area contributed by atoms with Gasteiger partial charge in [-0.3, -0.25) is 0 Å². The van der Waals surface area contributed by atoms with Gasteiger partial charge in [0.05, 0.1) is 0 Å². The molecule has 0 atom stereocenters. The van der Waals surface area contributed by atoms with Crippen molar-refractivity contribution in [2.24, 2.45) is 0 Å². The van der Waals surface area contributed by atoms with Crippen molar-refractivity contribution in [1.29, 1.82) is 0 Å². The van der Waals surface area contributed by atoms with Crippen LogP contribution in [0.3, 0.4) is 0 Å². The van der Waals surface area contributed by atoms with Crippen LogP contribution < -0.4 is 15.1 Å². The molecule has 1 aliphatic heterocycles. The second-order valence-corrected chi connectivity index (χ2v) is 6.51. The minimum absolute atomic E-state index is 0.187. The molecule has 1 aromatic carbocycles. The van der Waals surface area contributed by atoms with Gasteiger partial charge in [-0.15, -0.1) is 0 Å². The van der Waals surface area contributed by atoms with Gasteiger partial charge in [0.1, 0.15) is 11.6 Å². The van der Waals surface area contributed by atoms with Crippen LogP contribution in [0.4, 0.5) is 15.9 Å². The molecule has 1 N–H and O–H groups in total. The van der Waals surface area contributed by atoms with E-state index in [1.54, 1.807) is 0 Å². The molecule has 1 fully saturated rings. The number of aromatic nitrogens is 1. The van der Waals surface area contributed by atoms with Gasteiger partial charge in [-0.25, -0.2) is 9.37 Å². The third-order valence-electron chi connectivity index (χ3n) is 4.32. The molecule has 0 aliphatic carbocycles. The topological polar surface area (TPSA) is 31.4 Å². The summed E-state index contributed by atoms with van der Waals surface area (Å²) >= 11 is 0. The quantitative estimate of drug-likeness (QED) is 0.914. The van der Waals surface area contributed by atoms with Crippen LogP contribution in [0.25, 0.3) is 0 Å². The van der Waals surface area contributed by atoms with E-state index in [2.05, 4.69) is 46.1 Å². The summed E-state index contributed by atoms with van der Waals surface area (Å²) in [7, 11) is 0. The van der Waals surface area contributed by atoms with E-state index in [9.17, 15) is 4.39 Å². The fourth-order valence-corrected chi connectivity index (χ4v) is 2.91. The van der Waals surface area contributed by atoms with E-state index in [1.807, 2.05) is 18.3 Å². The van der Waals surface area contributed by atoms with Gasteiger partial charge in [0.15, 0.2) is 0 Å². The molecule has 128 valence electrons. The van der Waals surface area contributed by atoms with Crippen LogP contribution >= 0.6 is 0 Å². The molecule has 5 heteroatoms. The van der Waals surface area contributed by atoms with Gasteiger partial charge in [-0.2, -0.15) is 0 Å². The first-order valence-corrected chi connectivity index (χ1v) is 8.55. The molecule has 2 heterocycles. The van der Waals surface area contributed by atoms with Crippen molar-refractivity contribution in [2.75, 3.05) is 36.0 Å². The largest absolute Gasteiger partial charge is 0.368 e. The summed E-state index contributed by atoms with van der Waals surface area (Å²) < 4.78 is 13.0. The van der Waals surface area contributed by atoms with E-state index in [4.69, 9.17) is 0 Å². The Labute approximate surface area is 143 Å². The predicted octanol–water partition coefficient (Wildman–Crippen LogP) is 3.05. The van der Waals surface area contributed by atoms with Crippen molar-refractivity contribution in [2.45, 2.75) is 26.4 Å². The lowest BCUT2D eigenvalue weighted by atomic mass is 10.2. The number of hydrogen-bond acceptors (Lipinski definition) is 4. The number of nitrogens with zero attached hydrogens (tertiary/aromatic N) is 3. The van der Waals surface area contributed by atoms with Crippen molar-refractivity contribution in [3.8, 4) is 0 Å². The van der Waals surface area contributed by atoms with E-state index in [-0.39, 0.29) is 5.82 Å². The number of nitrogens with one attached hydrogen (secondary N) is 1. The zero-order valence-corrected chi connectivity index (χ0v) is 14.4. The molecule has 24 heavy (non-hydrogen) atoms. The molecule has 2 aromatic rings. The summed E-state index contributed by atoms with van der Waals surface area (Å²) in [6.07, 6.45) is 1.89. The van der Waals surface area contributed by atoms with Crippen LogP contribution in [0, 0.1) is 5.82 Å². The van der Waals surface area contributed by atoms with Gasteiger partial charge in [0, 0.05) is 50.6 Å². The van der Waals surface area contributed by atoms with E-state index in [0.717, 1.165) is 44.2 Å². The maximum atomic E-state index is 13.0. The highest BCUT2D eigenvalue weighted by molar-refractivity contribution is 5.49. The van der Waals surface area contributed by atoms with Gasteiger partial charge in [0.2, 0.25) is 0 Å². The SMILES string of the molecule is CC(C)NCc1ccnc(N2CCN(c3ccc(F)cc3)CC2)c1. The Morgan fingerprint density at radius 3 is 2.38 bits per heavy atom. The van der Waals surface area contributed by atoms with Crippen LogP contribution in [0.15, 0.2) is 42.6 Å². The minimum atomic E-state index is -0.187. The van der Waals surface area contributed by atoms with Crippen LogP contribution in [0.5, 0.6) is 0 Å². The maximum absolute atomic E-state index is 13.0. The average Bonchev–Trinajstić information content (AvgIpc) is 2.61. The fraction of sp³-hybridized carbons (Fsp3) is 0.421. The Kier molecular flexibility index (Phi) is 5.30. The molecule has 0 unspecified atom stereocenters. The Morgan fingerprint density at radius 2 is 1.71 bits per heavy atom. The molecule has 1 aliphatic rings. The fourth-order valence-electron chi connectivity index (χ4n) is 2.91. The number of benzene rings is 1. The molecule has 0 bridgehead atoms. The number of rotatable bonds is 5. The van der Waals surface area contributed by atoms with Crippen LogP contribution in [-0.4, -0.2) is 37.2 Å². The molecule has 0 saturated carbocycles. The highest BCUT2D eigenvalue weighted by Crippen LogP contribution is 2.20. The average molecular weight is 328 g/mol. The second-order valence-electron chi connectivity index (χ2n) is 6.51. The van der Waals surface area contributed by atoms with Crippen LogP contribution in [0.2, 0.25) is 0 Å². The predicted molar refractivity (Wildman–Crippen MR) is 97.0 cm³/mol. The van der Waals surface area contributed by atoms with Gasteiger partial charge < -0.3 is 15.1 Å². The minimum Gasteiger partial charge on any atom is -0.368 e. The normalized spacial score (nSPS) is 15.2. The molecule has 1 saturated heterocycles. The third kappa shape index (κ3) is 4.23. The Balaban J connectivity index is 1.60. The van der Waals surface area contributed by atoms with Gasteiger partial charge in [-0.05, 0) is 42.0 Å². The van der Waals surface area contributed by atoms with E-state index >= 15 is 0 Å². The van der Waals surface area contributed by atoms with Gasteiger partial charge in [-0.1, -0.05) is 13.8 Å². The maximum Gasteiger partial charge on any atom is 0.128 e. The summed E-state index contributed by atoms with van der Waals surface area (Å²) in [5, 5.41) is 3.44. The molecule has 0 radical (unpaired) electrons. The molecular formula is C19H25FN4. The van der Waals surface area contributed by atoms with Crippen molar-refractivity contribution >= 4 is 11.5 Å². The molecule has 3 rings (SSSR count). The highest BCUT2D eigenvalue weighted by Gasteiger charge is 2.18. The van der Waals surface area contributed by atoms with E-state index < -0.39 is 0 Å². The molecule has 0 spiro atoms. The smallest absolute Gasteiger partial charge is 0.128 e. The van der Waals surface area contributed by atoms with Gasteiger partial charge >= 0.3 is 0 Å². The van der Waals surface area contributed by atoms with Crippen LogP contribution in [-0.2, 0) is 6.54 Å². The van der Waals surface area contributed by atoms with Gasteiger partial charge in [0.25, 0.3) is 0 Å². The van der Waals surface area contributed by atoms with Crippen molar-refractivity contribution in [1.82, 2.24) is 10.3 Å². The lowest BCUT2D eigenvalue weighted by Crippen LogP contribution is -2.46. The zero-order valence-electron chi connectivity index (χ0n) is 14.4. The third-order valence-corrected chi connectivity index (χ3v) is 4.32. The lowest BCUT2D eigenvalue weighted by Gasteiger charge is -2.36. The monoisotopic (exact) mass is 328 g/mol. The van der Waals surface area contributed by atoms with E-state index in [0.29, 0.717) is 6.04 Å². The molecule has 4 nitrogen and oxygen atoms in total. The number of anilines is 2. The Hall–Kier alpha value is -2.14. The summed E-state index contributed by atoms with van der Waals surface area (Å²) in [5.74, 6) is 0.852. The molecule has 0 amide bonds. The number of hydrogen-bond donors (Lipinski definition) is 1. The van der Waals surface area contributed by atoms with Crippen molar-refractivity contribution in [3.63, 3.8) is 0 Å². The first-order valence-electron chi connectivity index (χ1n) is 8.55. The summed E-state index contributed by atoms with van der Waals surface area (Å²) in [6.45, 7) is 8.84. The van der Waals surface area contributed by atoms with E-state index in [1.165, 1.54) is 17.7 Å². The standard InChI is InChI=1S/C19H25FN4/c1-15(2)22-14-16-7-8-21-19(13-16)24-11-9-23(10-12-24)18-5-3-17(20)4-6-18/h3-8,13,15,22H,9-12,14H2,1-2H3. The zero-order chi connectivity index (χ0) is 16.9. The van der Waals surface area contributed by atoms with Crippen molar-refractivity contribution in [3.05, 3.63) is 54.0 Å². The summed E-state index contributed by atoms with van der Waals surface area (Å²) in [5.41, 5.74) is 2.34. The Morgan fingerprint density at radius 1 is 1.04 bits per heavy atom. The number of pyridine rings is 1. The number of halogens is 1. The molecule has 1 aromatic heterocycles. The lowest BCUT2D eigenvalue weighted by molar-refractivity contribution is 0.588. The second kappa shape index (κ2) is 7.62. The number of piperazine rings is 1. The first-order chi connectivity index (χ1) is 11.6. The first kappa shape index (κ1) is 16.7. The summed E-state index contributed by atoms with van der Waals surface area (Å²) in [6, 6.07) is 11.4.